The standard InChI is InChI=1S/C8H10ClN3O4/c1-2-3-5-7(12(15)16)8(9)11(10-5)4-6(13)14/h2-4H2,1H3,(H,13,14). The van der Waals surface area contributed by atoms with Crippen LogP contribution in [0.4, 0.5) is 5.69 Å². The van der Waals surface area contributed by atoms with E-state index in [1.165, 1.54) is 0 Å². The second-order valence-corrected chi connectivity index (χ2v) is 3.50. The van der Waals surface area contributed by atoms with Crippen LogP contribution in [0.1, 0.15) is 19.0 Å². The summed E-state index contributed by atoms with van der Waals surface area (Å²) in [6.45, 7) is 1.36. The van der Waals surface area contributed by atoms with Gasteiger partial charge in [-0.2, -0.15) is 5.10 Å². The molecule has 1 aromatic rings. The number of hydrogen-bond donors (Lipinski definition) is 1. The van der Waals surface area contributed by atoms with Crippen molar-refractivity contribution in [3.8, 4) is 0 Å². The van der Waals surface area contributed by atoms with Gasteiger partial charge in [-0.3, -0.25) is 14.9 Å². The van der Waals surface area contributed by atoms with Crippen molar-refractivity contribution < 1.29 is 14.8 Å². The normalized spacial score (nSPS) is 10.4. The number of carboxylic acids is 1. The van der Waals surface area contributed by atoms with E-state index < -0.39 is 17.4 Å². The van der Waals surface area contributed by atoms with Crippen LogP contribution < -0.4 is 0 Å². The van der Waals surface area contributed by atoms with E-state index in [1.54, 1.807) is 0 Å². The Labute approximate surface area is 95.8 Å². The molecule has 0 spiro atoms. The maximum atomic E-state index is 10.7. The Morgan fingerprint density at radius 3 is 2.75 bits per heavy atom. The molecule has 0 atom stereocenters. The third-order valence-corrected chi connectivity index (χ3v) is 2.27. The first-order valence-corrected chi connectivity index (χ1v) is 4.96. The molecule has 1 heterocycles. The molecule has 8 heteroatoms. The van der Waals surface area contributed by atoms with E-state index in [9.17, 15) is 14.9 Å². The van der Waals surface area contributed by atoms with Gasteiger partial charge in [0.05, 0.1) is 4.92 Å². The van der Waals surface area contributed by atoms with E-state index in [2.05, 4.69) is 5.10 Å². The summed E-state index contributed by atoms with van der Waals surface area (Å²) in [6, 6.07) is 0. The lowest BCUT2D eigenvalue weighted by atomic mass is 10.2. The summed E-state index contributed by atoms with van der Waals surface area (Å²) in [4.78, 5) is 20.6. The predicted octanol–water partition coefficient (Wildman–Crippen LogP) is 1.48. The Morgan fingerprint density at radius 2 is 2.31 bits per heavy atom. The number of aromatic nitrogens is 2. The molecule has 0 aliphatic rings. The van der Waals surface area contributed by atoms with Gasteiger partial charge >= 0.3 is 11.7 Å². The topological polar surface area (TPSA) is 98.3 Å². The molecule has 0 unspecified atom stereocenters. The molecular weight excluding hydrogens is 238 g/mol. The van der Waals surface area contributed by atoms with Crippen molar-refractivity contribution in [2.24, 2.45) is 0 Å². The number of nitrogens with zero attached hydrogens (tertiary/aromatic N) is 3. The highest BCUT2D eigenvalue weighted by molar-refractivity contribution is 6.31. The third kappa shape index (κ3) is 2.48. The van der Waals surface area contributed by atoms with E-state index in [0.717, 1.165) is 4.68 Å². The minimum Gasteiger partial charge on any atom is -0.480 e. The zero-order valence-electron chi connectivity index (χ0n) is 8.51. The molecule has 0 saturated heterocycles. The number of halogens is 1. The van der Waals surface area contributed by atoms with Gasteiger partial charge in [0.15, 0.2) is 0 Å². The van der Waals surface area contributed by atoms with Gasteiger partial charge in [-0.1, -0.05) is 24.9 Å². The highest BCUT2D eigenvalue weighted by Crippen LogP contribution is 2.29. The van der Waals surface area contributed by atoms with Crippen molar-refractivity contribution in [3.05, 3.63) is 21.0 Å². The zero-order chi connectivity index (χ0) is 12.3. The Balaban J connectivity index is 3.18. The third-order valence-electron chi connectivity index (χ3n) is 1.89. The van der Waals surface area contributed by atoms with Crippen LogP contribution in [0, 0.1) is 10.1 Å². The highest BCUT2D eigenvalue weighted by atomic mass is 35.5. The lowest BCUT2D eigenvalue weighted by Crippen LogP contribution is -2.10. The fraction of sp³-hybridized carbons (Fsp3) is 0.500. The van der Waals surface area contributed by atoms with Crippen LogP contribution in [-0.2, 0) is 17.8 Å². The summed E-state index contributed by atoms with van der Waals surface area (Å²) in [5.74, 6) is -1.15. The largest absolute Gasteiger partial charge is 0.480 e. The van der Waals surface area contributed by atoms with E-state index in [1.807, 2.05) is 6.92 Å². The second kappa shape index (κ2) is 4.93. The van der Waals surface area contributed by atoms with Gasteiger partial charge in [-0.05, 0) is 6.42 Å². The molecule has 0 saturated carbocycles. The summed E-state index contributed by atoms with van der Waals surface area (Å²) >= 11 is 5.70. The number of rotatable bonds is 5. The first kappa shape index (κ1) is 12.4. The Hall–Kier alpha value is -1.63. The molecule has 88 valence electrons. The molecule has 1 N–H and O–H groups in total. The molecule has 1 aromatic heterocycles. The van der Waals surface area contributed by atoms with Crippen LogP contribution in [0.2, 0.25) is 5.15 Å². The fourth-order valence-electron chi connectivity index (χ4n) is 1.30. The molecule has 0 fully saturated rings. The molecule has 1 rings (SSSR count). The first-order chi connectivity index (χ1) is 7.47. The summed E-state index contributed by atoms with van der Waals surface area (Å²) in [5.41, 5.74) is -0.0801. The molecule has 16 heavy (non-hydrogen) atoms. The summed E-state index contributed by atoms with van der Waals surface area (Å²) in [7, 11) is 0. The number of hydrogen-bond acceptors (Lipinski definition) is 4. The Kier molecular flexibility index (Phi) is 3.83. The van der Waals surface area contributed by atoms with Gasteiger partial charge < -0.3 is 5.11 Å². The lowest BCUT2D eigenvalue weighted by molar-refractivity contribution is -0.385. The van der Waals surface area contributed by atoms with E-state index in [0.29, 0.717) is 12.8 Å². The van der Waals surface area contributed by atoms with Crippen molar-refractivity contribution in [2.75, 3.05) is 0 Å². The number of aryl methyl sites for hydroxylation is 1. The van der Waals surface area contributed by atoms with Crippen LogP contribution >= 0.6 is 11.6 Å². The Bertz CT molecular complexity index is 429. The van der Waals surface area contributed by atoms with Gasteiger partial charge in [-0.15, -0.1) is 0 Å². The fourth-order valence-corrected chi connectivity index (χ4v) is 1.57. The average Bonchev–Trinajstić information content (AvgIpc) is 2.43. The second-order valence-electron chi connectivity index (χ2n) is 3.14. The summed E-state index contributed by atoms with van der Waals surface area (Å²) < 4.78 is 0.924. The van der Waals surface area contributed by atoms with Gasteiger partial charge in [0.2, 0.25) is 5.15 Å². The van der Waals surface area contributed by atoms with Gasteiger partial charge in [-0.25, -0.2) is 4.68 Å². The van der Waals surface area contributed by atoms with Gasteiger partial charge in [0, 0.05) is 0 Å². The van der Waals surface area contributed by atoms with Crippen molar-refractivity contribution in [2.45, 2.75) is 26.3 Å². The molecular formula is C8H10ClN3O4. The number of carbonyl (C=O) groups is 1. The molecule has 0 amide bonds. The van der Waals surface area contributed by atoms with Crippen LogP contribution in [-0.4, -0.2) is 25.8 Å². The van der Waals surface area contributed by atoms with Crippen LogP contribution in [0.15, 0.2) is 0 Å². The minimum absolute atomic E-state index is 0.221. The number of nitro groups is 1. The molecule has 0 aliphatic carbocycles. The summed E-state index contributed by atoms with van der Waals surface area (Å²) in [5, 5.41) is 22.9. The van der Waals surface area contributed by atoms with Crippen molar-refractivity contribution in [1.82, 2.24) is 9.78 Å². The molecule has 0 bridgehead atoms. The van der Waals surface area contributed by atoms with E-state index in [4.69, 9.17) is 16.7 Å². The number of carboxylic acid groups (broad SMARTS) is 1. The van der Waals surface area contributed by atoms with Crippen LogP contribution in [0.25, 0.3) is 0 Å². The van der Waals surface area contributed by atoms with E-state index >= 15 is 0 Å². The van der Waals surface area contributed by atoms with Crippen molar-refractivity contribution >= 4 is 23.3 Å². The SMILES string of the molecule is CCCc1nn(CC(=O)O)c(Cl)c1[N+](=O)[O-]. The van der Waals surface area contributed by atoms with Crippen LogP contribution in [0.5, 0.6) is 0 Å². The van der Waals surface area contributed by atoms with Crippen molar-refractivity contribution in [3.63, 3.8) is 0 Å². The zero-order valence-corrected chi connectivity index (χ0v) is 9.27. The monoisotopic (exact) mass is 247 g/mol. The highest BCUT2D eigenvalue weighted by Gasteiger charge is 2.26. The molecule has 0 aliphatic heterocycles. The first-order valence-electron chi connectivity index (χ1n) is 4.58. The van der Waals surface area contributed by atoms with Gasteiger partial charge in [0.25, 0.3) is 0 Å². The average molecular weight is 248 g/mol. The molecule has 0 aromatic carbocycles. The van der Waals surface area contributed by atoms with E-state index in [-0.39, 0.29) is 16.5 Å². The smallest absolute Gasteiger partial charge is 0.329 e. The Morgan fingerprint density at radius 1 is 1.69 bits per heavy atom. The molecule has 0 radical (unpaired) electrons. The quantitative estimate of drug-likeness (QED) is 0.628. The summed E-state index contributed by atoms with van der Waals surface area (Å²) in [6.07, 6.45) is 1.06. The van der Waals surface area contributed by atoms with Crippen LogP contribution in [0.3, 0.4) is 0 Å². The maximum Gasteiger partial charge on any atom is 0.329 e. The molecule has 7 nitrogen and oxygen atoms in total. The maximum absolute atomic E-state index is 10.7. The number of aliphatic carboxylic acids is 1. The lowest BCUT2D eigenvalue weighted by Gasteiger charge is -1.95. The van der Waals surface area contributed by atoms with Crippen molar-refractivity contribution in [1.29, 1.82) is 0 Å². The predicted molar refractivity (Wildman–Crippen MR) is 55.5 cm³/mol. The minimum atomic E-state index is -1.15. The van der Waals surface area contributed by atoms with Gasteiger partial charge in [0.1, 0.15) is 12.2 Å².